The van der Waals surface area contributed by atoms with Crippen LogP contribution in [0.3, 0.4) is 0 Å². The smallest absolute Gasteiger partial charge is 0.137 e. The van der Waals surface area contributed by atoms with Crippen LogP contribution in [0.4, 0.5) is 0 Å². The Bertz CT molecular complexity index is 484. The molecule has 114 valence electrons. The molecule has 1 saturated carbocycles. The van der Waals surface area contributed by atoms with Crippen molar-refractivity contribution >= 4 is 5.78 Å². The van der Waals surface area contributed by atoms with Gasteiger partial charge in [-0.3, -0.25) is 4.79 Å². The standard InChI is InChI=1S/C19H27NO/c1-14-10-15(2)18(19(21)11-14)13-20-9-8-17(12-20)16-6-4-3-5-7-16/h3-7,14-15,17-18H,8-13H2,1-2H3. The minimum atomic E-state index is 0.274. The fourth-order valence-corrected chi connectivity index (χ4v) is 4.25. The molecular weight excluding hydrogens is 258 g/mol. The lowest BCUT2D eigenvalue weighted by atomic mass is 9.74. The summed E-state index contributed by atoms with van der Waals surface area (Å²) < 4.78 is 0. The van der Waals surface area contributed by atoms with E-state index in [2.05, 4.69) is 49.1 Å². The number of hydrogen-bond acceptors (Lipinski definition) is 2. The first-order valence-electron chi connectivity index (χ1n) is 8.43. The molecule has 3 rings (SSSR count). The predicted molar refractivity (Wildman–Crippen MR) is 86.3 cm³/mol. The Balaban J connectivity index is 1.58. The molecule has 2 heteroatoms. The Labute approximate surface area is 128 Å². The second kappa shape index (κ2) is 6.31. The van der Waals surface area contributed by atoms with Crippen molar-refractivity contribution in [3.63, 3.8) is 0 Å². The maximum Gasteiger partial charge on any atom is 0.137 e. The summed E-state index contributed by atoms with van der Waals surface area (Å²) in [7, 11) is 0. The Morgan fingerprint density at radius 3 is 2.67 bits per heavy atom. The van der Waals surface area contributed by atoms with E-state index in [9.17, 15) is 4.79 Å². The van der Waals surface area contributed by atoms with Crippen LogP contribution in [0.15, 0.2) is 30.3 Å². The number of rotatable bonds is 3. The minimum Gasteiger partial charge on any atom is -0.302 e. The summed E-state index contributed by atoms with van der Waals surface area (Å²) in [4.78, 5) is 14.8. The van der Waals surface area contributed by atoms with Crippen LogP contribution in [0, 0.1) is 17.8 Å². The number of benzene rings is 1. The lowest BCUT2D eigenvalue weighted by Gasteiger charge is -2.34. The maximum atomic E-state index is 12.3. The lowest BCUT2D eigenvalue weighted by molar-refractivity contribution is -0.128. The summed E-state index contributed by atoms with van der Waals surface area (Å²) in [6.45, 7) is 7.73. The van der Waals surface area contributed by atoms with Crippen LogP contribution in [-0.4, -0.2) is 30.3 Å². The molecule has 4 atom stereocenters. The highest BCUT2D eigenvalue weighted by molar-refractivity contribution is 5.82. The quantitative estimate of drug-likeness (QED) is 0.843. The number of nitrogens with zero attached hydrogens (tertiary/aromatic N) is 1. The van der Waals surface area contributed by atoms with Gasteiger partial charge in [0.25, 0.3) is 0 Å². The van der Waals surface area contributed by atoms with Crippen molar-refractivity contribution in [1.82, 2.24) is 4.90 Å². The van der Waals surface area contributed by atoms with Crippen molar-refractivity contribution in [2.45, 2.75) is 39.0 Å². The normalized spacial score (nSPS) is 34.3. The van der Waals surface area contributed by atoms with Gasteiger partial charge < -0.3 is 4.90 Å². The molecule has 1 aliphatic carbocycles. The molecule has 0 amide bonds. The summed E-state index contributed by atoms with van der Waals surface area (Å²) in [6, 6.07) is 10.8. The van der Waals surface area contributed by atoms with E-state index in [0.717, 1.165) is 26.1 Å². The van der Waals surface area contributed by atoms with E-state index in [0.29, 0.717) is 23.5 Å². The highest BCUT2D eigenvalue weighted by Crippen LogP contribution is 2.34. The van der Waals surface area contributed by atoms with Crippen molar-refractivity contribution < 1.29 is 4.79 Å². The fourth-order valence-electron chi connectivity index (χ4n) is 4.25. The monoisotopic (exact) mass is 285 g/mol. The first-order valence-corrected chi connectivity index (χ1v) is 8.43. The summed E-state index contributed by atoms with van der Waals surface area (Å²) in [5.74, 6) is 2.57. The summed E-state index contributed by atoms with van der Waals surface area (Å²) in [6.07, 6.45) is 3.24. The summed E-state index contributed by atoms with van der Waals surface area (Å²) >= 11 is 0. The van der Waals surface area contributed by atoms with E-state index in [1.54, 1.807) is 0 Å². The second-order valence-electron chi connectivity index (χ2n) is 7.25. The molecule has 2 nitrogen and oxygen atoms in total. The zero-order chi connectivity index (χ0) is 14.8. The molecule has 0 bridgehead atoms. The topological polar surface area (TPSA) is 20.3 Å². The van der Waals surface area contributed by atoms with E-state index >= 15 is 0 Å². The molecule has 4 unspecified atom stereocenters. The molecule has 1 aliphatic heterocycles. The zero-order valence-corrected chi connectivity index (χ0v) is 13.3. The first kappa shape index (κ1) is 14.8. The van der Waals surface area contributed by atoms with Gasteiger partial charge in [0, 0.05) is 25.4 Å². The van der Waals surface area contributed by atoms with Gasteiger partial charge >= 0.3 is 0 Å². The number of carbonyl (C=O) groups excluding carboxylic acids is 1. The molecule has 0 aromatic heterocycles. The Hall–Kier alpha value is -1.15. The third-order valence-corrected chi connectivity index (χ3v) is 5.42. The summed E-state index contributed by atoms with van der Waals surface area (Å²) in [5, 5.41) is 0. The van der Waals surface area contributed by atoms with Gasteiger partial charge in [0.1, 0.15) is 5.78 Å². The van der Waals surface area contributed by atoms with Crippen molar-refractivity contribution in [2.75, 3.05) is 19.6 Å². The molecule has 0 N–H and O–H groups in total. The fraction of sp³-hybridized carbons (Fsp3) is 0.632. The van der Waals surface area contributed by atoms with Gasteiger partial charge in [-0.05, 0) is 42.7 Å². The molecule has 2 fully saturated rings. The van der Waals surface area contributed by atoms with Crippen molar-refractivity contribution in [3.8, 4) is 0 Å². The first-order chi connectivity index (χ1) is 10.1. The van der Waals surface area contributed by atoms with Crippen LogP contribution >= 0.6 is 0 Å². The molecule has 1 aromatic rings. The minimum absolute atomic E-state index is 0.274. The van der Waals surface area contributed by atoms with Crippen LogP contribution in [0.5, 0.6) is 0 Å². The number of ketones is 1. The number of Topliss-reactive ketones (excluding diaryl/α,β-unsaturated/α-hetero) is 1. The molecule has 1 aromatic carbocycles. The van der Waals surface area contributed by atoms with Gasteiger partial charge in [-0.1, -0.05) is 44.2 Å². The molecule has 2 aliphatic rings. The van der Waals surface area contributed by atoms with Gasteiger partial charge in [-0.2, -0.15) is 0 Å². The van der Waals surface area contributed by atoms with Gasteiger partial charge in [0.2, 0.25) is 0 Å². The van der Waals surface area contributed by atoms with E-state index < -0.39 is 0 Å². The Morgan fingerprint density at radius 2 is 1.95 bits per heavy atom. The third kappa shape index (κ3) is 3.37. The molecule has 0 spiro atoms. The van der Waals surface area contributed by atoms with Crippen molar-refractivity contribution in [2.24, 2.45) is 17.8 Å². The predicted octanol–water partition coefficient (Wildman–Crippen LogP) is 3.73. The van der Waals surface area contributed by atoms with Crippen LogP contribution in [0.1, 0.15) is 44.6 Å². The third-order valence-electron chi connectivity index (χ3n) is 5.42. The van der Waals surface area contributed by atoms with Gasteiger partial charge in [0.15, 0.2) is 0 Å². The Morgan fingerprint density at radius 1 is 1.19 bits per heavy atom. The van der Waals surface area contributed by atoms with Crippen LogP contribution in [0.2, 0.25) is 0 Å². The van der Waals surface area contributed by atoms with Gasteiger partial charge in [-0.15, -0.1) is 0 Å². The van der Waals surface area contributed by atoms with E-state index in [4.69, 9.17) is 0 Å². The van der Waals surface area contributed by atoms with E-state index in [1.807, 2.05) is 0 Å². The van der Waals surface area contributed by atoms with Crippen LogP contribution < -0.4 is 0 Å². The maximum absolute atomic E-state index is 12.3. The average molecular weight is 285 g/mol. The number of likely N-dealkylation sites (tertiary alicyclic amines) is 1. The highest BCUT2D eigenvalue weighted by Gasteiger charge is 2.35. The van der Waals surface area contributed by atoms with Gasteiger partial charge in [0.05, 0.1) is 0 Å². The number of carbonyl (C=O) groups is 1. The van der Waals surface area contributed by atoms with Crippen LogP contribution in [-0.2, 0) is 4.79 Å². The van der Waals surface area contributed by atoms with Crippen molar-refractivity contribution in [3.05, 3.63) is 35.9 Å². The Kier molecular flexibility index (Phi) is 4.44. The zero-order valence-electron chi connectivity index (χ0n) is 13.3. The highest BCUT2D eigenvalue weighted by atomic mass is 16.1. The molecule has 0 radical (unpaired) electrons. The number of hydrogen-bond donors (Lipinski definition) is 0. The molecule has 21 heavy (non-hydrogen) atoms. The molecule has 1 heterocycles. The van der Waals surface area contributed by atoms with Gasteiger partial charge in [-0.25, -0.2) is 0 Å². The lowest BCUT2D eigenvalue weighted by Crippen LogP contribution is -2.39. The van der Waals surface area contributed by atoms with E-state index in [1.165, 1.54) is 18.4 Å². The molecule has 1 saturated heterocycles. The van der Waals surface area contributed by atoms with Crippen molar-refractivity contribution in [1.29, 1.82) is 0 Å². The second-order valence-corrected chi connectivity index (χ2v) is 7.25. The SMILES string of the molecule is CC1CC(=O)C(CN2CCC(c3ccccc3)C2)C(C)C1. The summed E-state index contributed by atoms with van der Waals surface area (Å²) in [5.41, 5.74) is 1.46. The molecular formula is C19H27NO. The van der Waals surface area contributed by atoms with E-state index in [-0.39, 0.29) is 5.92 Å². The average Bonchev–Trinajstić information content (AvgIpc) is 2.92. The van der Waals surface area contributed by atoms with Crippen LogP contribution in [0.25, 0.3) is 0 Å². The largest absolute Gasteiger partial charge is 0.302 e.